The second-order valence-corrected chi connectivity index (χ2v) is 5.96. The Morgan fingerprint density at radius 3 is 2.67 bits per heavy atom. The van der Waals surface area contributed by atoms with Crippen LogP contribution in [-0.2, 0) is 9.53 Å². The van der Waals surface area contributed by atoms with Crippen LogP contribution in [-0.4, -0.2) is 60.5 Å². The molecule has 2 rings (SSSR count). The number of carbonyl (C=O) groups is 1. The third-order valence-electron chi connectivity index (χ3n) is 3.52. The van der Waals surface area contributed by atoms with Gasteiger partial charge in [0.2, 0.25) is 0 Å². The summed E-state index contributed by atoms with van der Waals surface area (Å²) < 4.78 is 5.33. The van der Waals surface area contributed by atoms with E-state index in [0.29, 0.717) is 0 Å². The number of amides is 1. The first-order valence-electron chi connectivity index (χ1n) is 6.30. The molecule has 1 fully saturated rings. The zero-order valence-corrected chi connectivity index (χ0v) is 11.8. The van der Waals surface area contributed by atoms with Crippen molar-refractivity contribution in [3.05, 3.63) is 10.6 Å². The van der Waals surface area contributed by atoms with E-state index in [1.807, 2.05) is 6.92 Å². The Morgan fingerprint density at radius 1 is 1.39 bits per heavy atom. The summed E-state index contributed by atoms with van der Waals surface area (Å²) in [6, 6.07) is 0. The Labute approximate surface area is 112 Å². The molecule has 2 heterocycles. The number of nitrogens with zero attached hydrogens (tertiary/aromatic N) is 2. The minimum atomic E-state index is -0.252. The minimum Gasteiger partial charge on any atom is -0.379 e. The Morgan fingerprint density at radius 2 is 2.06 bits per heavy atom. The lowest BCUT2D eigenvalue weighted by molar-refractivity contribution is -0.119. The molecule has 0 saturated carbocycles. The van der Waals surface area contributed by atoms with Gasteiger partial charge in [0.1, 0.15) is 0 Å². The van der Waals surface area contributed by atoms with E-state index in [4.69, 9.17) is 10.5 Å². The third-order valence-corrected chi connectivity index (χ3v) is 4.88. The Hall–Kier alpha value is -0.720. The normalized spacial score (nSPS) is 25.9. The average molecular weight is 271 g/mol. The van der Waals surface area contributed by atoms with Gasteiger partial charge in [0.25, 0.3) is 5.91 Å². The maximum absolute atomic E-state index is 11.5. The molecule has 2 aliphatic rings. The summed E-state index contributed by atoms with van der Waals surface area (Å²) in [6.45, 7) is 9.48. The number of rotatable bonds is 4. The van der Waals surface area contributed by atoms with E-state index in [-0.39, 0.29) is 11.3 Å². The van der Waals surface area contributed by atoms with Gasteiger partial charge in [-0.15, -0.1) is 0 Å². The summed E-state index contributed by atoms with van der Waals surface area (Å²) in [5, 5.41) is -0.231. The number of ether oxygens (including phenoxy) is 1. The molecule has 0 radical (unpaired) electrons. The number of carbonyl (C=O) groups excluding carboxylic acids is 1. The third kappa shape index (κ3) is 2.99. The molecule has 0 aromatic heterocycles. The van der Waals surface area contributed by atoms with Crippen molar-refractivity contribution in [2.75, 3.05) is 39.4 Å². The summed E-state index contributed by atoms with van der Waals surface area (Å²) in [6.07, 6.45) is 0. The lowest BCUT2D eigenvalue weighted by Crippen LogP contribution is -2.45. The molecule has 18 heavy (non-hydrogen) atoms. The summed E-state index contributed by atoms with van der Waals surface area (Å²) >= 11 is 1.56. The van der Waals surface area contributed by atoms with E-state index in [1.165, 1.54) is 10.6 Å². The number of morpholine rings is 1. The molecule has 2 aliphatic heterocycles. The van der Waals surface area contributed by atoms with Crippen molar-refractivity contribution in [1.29, 1.82) is 0 Å². The van der Waals surface area contributed by atoms with Crippen LogP contribution in [0.3, 0.4) is 0 Å². The van der Waals surface area contributed by atoms with E-state index in [2.05, 4.69) is 16.7 Å². The van der Waals surface area contributed by atoms with Gasteiger partial charge in [0, 0.05) is 36.8 Å². The highest BCUT2D eigenvalue weighted by Crippen LogP contribution is 2.36. The van der Waals surface area contributed by atoms with Crippen LogP contribution in [0.5, 0.6) is 0 Å². The van der Waals surface area contributed by atoms with E-state index in [0.717, 1.165) is 39.4 Å². The zero-order valence-electron chi connectivity index (χ0n) is 11.0. The van der Waals surface area contributed by atoms with Crippen molar-refractivity contribution < 1.29 is 9.53 Å². The molecule has 1 amide bonds. The lowest BCUT2D eigenvalue weighted by Gasteiger charge is -2.31. The fraction of sp³-hybridized carbons (Fsp3) is 0.750. The number of hydrogen-bond donors (Lipinski definition) is 1. The molecular weight excluding hydrogens is 250 g/mol. The first-order valence-corrected chi connectivity index (χ1v) is 7.18. The number of hydrogen-bond acceptors (Lipinski definition) is 5. The molecule has 0 aromatic carbocycles. The molecule has 1 unspecified atom stereocenters. The fourth-order valence-corrected chi connectivity index (χ4v) is 3.39. The predicted octanol–water partition coefficient (Wildman–Crippen LogP) is 0.430. The predicted molar refractivity (Wildman–Crippen MR) is 72.9 cm³/mol. The maximum atomic E-state index is 11.5. The zero-order chi connectivity index (χ0) is 13.1. The summed E-state index contributed by atoms with van der Waals surface area (Å²) in [5.41, 5.74) is 6.64. The molecular formula is C12H21N3O2S. The second kappa shape index (κ2) is 5.95. The van der Waals surface area contributed by atoms with Crippen molar-refractivity contribution in [2.45, 2.75) is 19.2 Å². The van der Waals surface area contributed by atoms with E-state index in [1.54, 1.807) is 11.8 Å². The van der Waals surface area contributed by atoms with Gasteiger partial charge in [-0.2, -0.15) is 0 Å². The fourth-order valence-electron chi connectivity index (χ4n) is 2.27. The molecule has 1 saturated heterocycles. The molecule has 102 valence electrons. The lowest BCUT2D eigenvalue weighted by atomic mass is 10.3. The molecule has 6 heteroatoms. The summed E-state index contributed by atoms with van der Waals surface area (Å²) in [7, 11) is 0. The van der Waals surface area contributed by atoms with Crippen LogP contribution in [0.25, 0.3) is 0 Å². The van der Waals surface area contributed by atoms with Crippen molar-refractivity contribution in [1.82, 2.24) is 9.80 Å². The smallest absolute Gasteiger partial charge is 0.250 e. The topological polar surface area (TPSA) is 58.8 Å². The summed E-state index contributed by atoms with van der Waals surface area (Å²) in [5.74, 6) is -0.252. The molecule has 2 N–H and O–H groups in total. The van der Waals surface area contributed by atoms with Crippen LogP contribution in [0.15, 0.2) is 10.6 Å². The number of thioether (sulfide) groups is 1. The first-order chi connectivity index (χ1) is 8.59. The quantitative estimate of drug-likeness (QED) is 0.803. The van der Waals surface area contributed by atoms with Crippen molar-refractivity contribution in [2.24, 2.45) is 5.73 Å². The van der Waals surface area contributed by atoms with Gasteiger partial charge in [-0.25, -0.2) is 0 Å². The van der Waals surface area contributed by atoms with E-state index >= 15 is 0 Å². The van der Waals surface area contributed by atoms with Crippen molar-refractivity contribution in [3.63, 3.8) is 0 Å². The Kier molecular flexibility index (Phi) is 4.53. The molecule has 1 atom stereocenters. The van der Waals surface area contributed by atoms with Crippen LogP contribution in [0, 0.1) is 0 Å². The standard InChI is InChI=1S/C12H21N3O2S/c1-9-10(2)18-12(11(13)16)15(9)4-3-14-5-7-17-8-6-14/h12H,3-8H2,1-2H3,(H2,13,16). The Bertz CT molecular complexity index is 353. The van der Waals surface area contributed by atoms with Gasteiger partial charge < -0.3 is 15.4 Å². The van der Waals surface area contributed by atoms with Gasteiger partial charge in [-0.05, 0) is 13.8 Å². The molecule has 0 spiro atoms. The van der Waals surface area contributed by atoms with E-state index in [9.17, 15) is 4.79 Å². The van der Waals surface area contributed by atoms with Gasteiger partial charge in [-0.3, -0.25) is 9.69 Å². The van der Waals surface area contributed by atoms with Crippen molar-refractivity contribution >= 4 is 17.7 Å². The van der Waals surface area contributed by atoms with Crippen LogP contribution >= 0.6 is 11.8 Å². The number of nitrogens with two attached hydrogens (primary N) is 1. The minimum absolute atomic E-state index is 0.231. The Balaban J connectivity index is 1.91. The molecule has 5 nitrogen and oxygen atoms in total. The van der Waals surface area contributed by atoms with Gasteiger partial charge in [0.15, 0.2) is 5.37 Å². The van der Waals surface area contributed by atoms with Gasteiger partial charge in [-0.1, -0.05) is 11.8 Å². The summed E-state index contributed by atoms with van der Waals surface area (Å²) in [4.78, 5) is 17.1. The molecule has 0 bridgehead atoms. The van der Waals surface area contributed by atoms with Crippen LogP contribution in [0.1, 0.15) is 13.8 Å². The first kappa shape index (κ1) is 13.7. The monoisotopic (exact) mass is 271 g/mol. The van der Waals surface area contributed by atoms with Crippen molar-refractivity contribution in [3.8, 4) is 0 Å². The maximum Gasteiger partial charge on any atom is 0.250 e. The number of primary amides is 1. The highest BCUT2D eigenvalue weighted by molar-refractivity contribution is 8.04. The molecule has 0 aliphatic carbocycles. The highest BCUT2D eigenvalue weighted by Gasteiger charge is 2.32. The van der Waals surface area contributed by atoms with Gasteiger partial charge >= 0.3 is 0 Å². The van der Waals surface area contributed by atoms with E-state index < -0.39 is 0 Å². The highest BCUT2D eigenvalue weighted by atomic mass is 32.2. The second-order valence-electron chi connectivity index (χ2n) is 4.66. The SMILES string of the molecule is CC1=C(C)N(CCN2CCOCC2)C(C(N)=O)S1. The number of allylic oxidation sites excluding steroid dienone is 2. The molecule has 0 aromatic rings. The van der Waals surface area contributed by atoms with Gasteiger partial charge in [0.05, 0.1) is 13.2 Å². The average Bonchev–Trinajstić information content (AvgIpc) is 2.65. The van der Waals surface area contributed by atoms with Crippen LogP contribution in [0.4, 0.5) is 0 Å². The van der Waals surface area contributed by atoms with Crippen LogP contribution in [0.2, 0.25) is 0 Å². The van der Waals surface area contributed by atoms with Crippen LogP contribution < -0.4 is 5.73 Å². The largest absolute Gasteiger partial charge is 0.379 e.